The van der Waals surface area contributed by atoms with Gasteiger partial charge in [-0.1, -0.05) is 52.2 Å². The highest BCUT2D eigenvalue weighted by atomic mass is 14.2. The van der Waals surface area contributed by atoms with Crippen LogP contribution < -0.4 is 0 Å². The Morgan fingerprint density at radius 2 is 1.77 bits per heavy atom. The highest BCUT2D eigenvalue weighted by molar-refractivity contribution is 5.01. The molecule has 0 N–H and O–H groups in total. The molecule has 0 atom stereocenters. The summed E-state index contributed by atoms with van der Waals surface area (Å²) < 4.78 is 0. The van der Waals surface area contributed by atoms with Gasteiger partial charge in [0.1, 0.15) is 0 Å². The molecule has 0 amide bonds. The Labute approximate surface area is 84.4 Å². The zero-order valence-electron chi connectivity index (χ0n) is 10.3. The molecule has 0 saturated carbocycles. The van der Waals surface area contributed by atoms with E-state index in [0.717, 1.165) is 5.92 Å². The van der Waals surface area contributed by atoms with Crippen LogP contribution >= 0.6 is 0 Å². The molecule has 0 unspecified atom stereocenters. The standard InChI is InChI=1S/C13H26/c1-11(2)8-7-9-13(5,6)10-12(3)4/h10-11H,7-9H2,1-6H3. The SMILES string of the molecule is CC(C)=CC(C)(C)CCCC(C)C. The van der Waals surface area contributed by atoms with Gasteiger partial charge in [0.05, 0.1) is 0 Å². The van der Waals surface area contributed by atoms with E-state index in [4.69, 9.17) is 0 Å². The lowest BCUT2D eigenvalue weighted by atomic mass is 9.84. The lowest BCUT2D eigenvalue weighted by Crippen LogP contribution is -2.08. The normalized spacial score (nSPS) is 11.9. The maximum Gasteiger partial charge on any atom is -0.0172 e. The third kappa shape index (κ3) is 8.08. The van der Waals surface area contributed by atoms with E-state index in [1.165, 1.54) is 24.8 Å². The van der Waals surface area contributed by atoms with Crippen LogP contribution in [0.5, 0.6) is 0 Å². The van der Waals surface area contributed by atoms with E-state index in [1.807, 2.05) is 0 Å². The van der Waals surface area contributed by atoms with Crippen molar-refractivity contribution in [2.24, 2.45) is 11.3 Å². The van der Waals surface area contributed by atoms with Crippen molar-refractivity contribution >= 4 is 0 Å². The Morgan fingerprint density at radius 3 is 2.15 bits per heavy atom. The van der Waals surface area contributed by atoms with Crippen molar-refractivity contribution in [3.05, 3.63) is 11.6 Å². The summed E-state index contributed by atoms with van der Waals surface area (Å²) >= 11 is 0. The van der Waals surface area contributed by atoms with Gasteiger partial charge < -0.3 is 0 Å². The smallest absolute Gasteiger partial charge is 0.0172 e. The first-order chi connectivity index (χ1) is 5.83. The minimum Gasteiger partial charge on any atom is -0.0802 e. The van der Waals surface area contributed by atoms with Gasteiger partial charge in [0, 0.05) is 0 Å². The molecule has 0 aliphatic carbocycles. The fourth-order valence-corrected chi connectivity index (χ4v) is 1.82. The molecule has 13 heavy (non-hydrogen) atoms. The molecule has 0 radical (unpaired) electrons. The Hall–Kier alpha value is -0.260. The van der Waals surface area contributed by atoms with E-state index >= 15 is 0 Å². The number of allylic oxidation sites excluding steroid dienone is 2. The molecule has 0 aromatic heterocycles. The van der Waals surface area contributed by atoms with Crippen LogP contribution in [0.25, 0.3) is 0 Å². The summed E-state index contributed by atoms with van der Waals surface area (Å²) in [5, 5.41) is 0. The molecule has 0 spiro atoms. The molecular weight excluding hydrogens is 156 g/mol. The molecule has 0 aliphatic rings. The van der Waals surface area contributed by atoms with Gasteiger partial charge in [0.15, 0.2) is 0 Å². The summed E-state index contributed by atoms with van der Waals surface area (Å²) in [5.41, 5.74) is 1.84. The van der Waals surface area contributed by atoms with Crippen molar-refractivity contribution in [1.29, 1.82) is 0 Å². The molecule has 0 bridgehead atoms. The molecule has 0 saturated heterocycles. The minimum atomic E-state index is 0.397. The first-order valence-electron chi connectivity index (χ1n) is 5.49. The molecule has 78 valence electrons. The van der Waals surface area contributed by atoms with Gasteiger partial charge in [-0.3, -0.25) is 0 Å². The monoisotopic (exact) mass is 182 g/mol. The molecule has 0 heteroatoms. The Morgan fingerprint density at radius 1 is 1.23 bits per heavy atom. The van der Waals surface area contributed by atoms with E-state index in [1.54, 1.807) is 0 Å². The van der Waals surface area contributed by atoms with Gasteiger partial charge in [0.25, 0.3) is 0 Å². The molecule has 0 aliphatic heterocycles. The van der Waals surface area contributed by atoms with Crippen LogP contribution in [0.3, 0.4) is 0 Å². The van der Waals surface area contributed by atoms with E-state index in [-0.39, 0.29) is 0 Å². The van der Waals surface area contributed by atoms with Gasteiger partial charge in [-0.25, -0.2) is 0 Å². The van der Waals surface area contributed by atoms with Crippen LogP contribution in [0.4, 0.5) is 0 Å². The zero-order chi connectivity index (χ0) is 10.5. The lowest BCUT2D eigenvalue weighted by molar-refractivity contribution is 0.391. The lowest BCUT2D eigenvalue weighted by Gasteiger charge is -2.21. The van der Waals surface area contributed by atoms with E-state index in [2.05, 4.69) is 47.6 Å². The van der Waals surface area contributed by atoms with Crippen molar-refractivity contribution in [2.45, 2.75) is 60.8 Å². The van der Waals surface area contributed by atoms with Crippen molar-refractivity contribution in [1.82, 2.24) is 0 Å². The predicted octanol–water partition coefficient (Wildman–Crippen LogP) is 4.81. The van der Waals surface area contributed by atoms with Crippen LogP contribution in [-0.4, -0.2) is 0 Å². The molecule has 0 aromatic rings. The summed E-state index contributed by atoms with van der Waals surface area (Å²) in [6.45, 7) is 13.6. The van der Waals surface area contributed by atoms with Gasteiger partial charge in [0.2, 0.25) is 0 Å². The van der Waals surface area contributed by atoms with Gasteiger partial charge in [-0.05, 0) is 31.6 Å². The number of hydrogen-bond acceptors (Lipinski definition) is 0. The average molecular weight is 182 g/mol. The molecular formula is C13H26. The van der Waals surface area contributed by atoms with Crippen molar-refractivity contribution in [2.75, 3.05) is 0 Å². The van der Waals surface area contributed by atoms with Gasteiger partial charge >= 0.3 is 0 Å². The topological polar surface area (TPSA) is 0 Å². The Kier molecular flexibility index (Phi) is 5.36. The summed E-state index contributed by atoms with van der Waals surface area (Å²) in [6.07, 6.45) is 6.43. The largest absolute Gasteiger partial charge is 0.0802 e. The van der Waals surface area contributed by atoms with Crippen molar-refractivity contribution in [3.8, 4) is 0 Å². The first-order valence-corrected chi connectivity index (χ1v) is 5.49. The van der Waals surface area contributed by atoms with E-state index in [0.29, 0.717) is 5.41 Å². The molecule has 0 heterocycles. The summed E-state index contributed by atoms with van der Waals surface area (Å²) in [7, 11) is 0. The molecule has 0 rings (SSSR count). The fourth-order valence-electron chi connectivity index (χ4n) is 1.82. The third-order valence-electron chi connectivity index (χ3n) is 2.28. The maximum atomic E-state index is 2.40. The van der Waals surface area contributed by atoms with Crippen LogP contribution in [0.15, 0.2) is 11.6 Å². The third-order valence-corrected chi connectivity index (χ3v) is 2.28. The predicted molar refractivity (Wildman–Crippen MR) is 61.9 cm³/mol. The van der Waals surface area contributed by atoms with Crippen molar-refractivity contribution < 1.29 is 0 Å². The number of hydrogen-bond donors (Lipinski definition) is 0. The quantitative estimate of drug-likeness (QED) is 0.535. The Balaban J connectivity index is 3.83. The highest BCUT2D eigenvalue weighted by Crippen LogP contribution is 2.27. The highest BCUT2D eigenvalue weighted by Gasteiger charge is 2.13. The minimum absolute atomic E-state index is 0.397. The van der Waals surface area contributed by atoms with Crippen molar-refractivity contribution in [3.63, 3.8) is 0 Å². The van der Waals surface area contributed by atoms with Crippen LogP contribution in [-0.2, 0) is 0 Å². The average Bonchev–Trinajstić information content (AvgIpc) is 1.81. The maximum absolute atomic E-state index is 2.40. The van der Waals surface area contributed by atoms with E-state index < -0.39 is 0 Å². The van der Waals surface area contributed by atoms with E-state index in [9.17, 15) is 0 Å². The van der Waals surface area contributed by atoms with Gasteiger partial charge in [-0.15, -0.1) is 0 Å². The summed E-state index contributed by atoms with van der Waals surface area (Å²) in [4.78, 5) is 0. The molecule has 0 aromatic carbocycles. The second kappa shape index (κ2) is 5.47. The first kappa shape index (κ1) is 12.7. The second-order valence-corrected chi connectivity index (χ2v) is 5.50. The summed E-state index contributed by atoms with van der Waals surface area (Å²) in [6, 6.07) is 0. The molecule has 0 fully saturated rings. The second-order valence-electron chi connectivity index (χ2n) is 5.50. The zero-order valence-corrected chi connectivity index (χ0v) is 10.3. The van der Waals surface area contributed by atoms with Crippen LogP contribution in [0, 0.1) is 11.3 Å². The summed E-state index contributed by atoms with van der Waals surface area (Å²) in [5.74, 6) is 0.850. The van der Waals surface area contributed by atoms with Gasteiger partial charge in [-0.2, -0.15) is 0 Å². The number of rotatable bonds is 5. The molecule has 0 nitrogen and oxygen atoms in total. The Bertz CT molecular complexity index is 157. The fraction of sp³-hybridized carbons (Fsp3) is 0.846. The van der Waals surface area contributed by atoms with Crippen LogP contribution in [0.2, 0.25) is 0 Å². The van der Waals surface area contributed by atoms with Crippen LogP contribution in [0.1, 0.15) is 60.8 Å².